The number of hydrogen-bond donors (Lipinski definition) is 0. The molecule has 4 aromatic carbocycles. The third kappa shape index (κ3) is 11.9. The Labute approximate surface area is 410 Å². The summed E-state index contributed by atoms with van der Waals surface area (Å²) in [7, 11) is 2.22. The number of hydrogen-bond acceptors (Lipinski definition) is 10. The van der Waals surface area contributed by atoms with E-state index in [-0.39, 0.29) is 18.1 Å². The van der Waals surface area contributed by atoms with Crippen molar-refractivity contribution in [2.75, 3.05) is 27.4 Å². The van der Waals surface area contributed by atoms with Crippen molar-refractivity contribution in [2.45, 2.75) is 115 Å². The van der Waals surface area contributed by atoms with Gasteiger partial charge in [0.1, 0.15) is 0 Å². The lowest BCUT2D eigenvalue weighted by Crippen LogP contribution is -2.41. The number of carbonyl (C=O) groups excluding carboxylic acids is 2. The summed E-state index contributed by atoms with van der Waals surface area (Å²) in [4.78, 5) is 24.3. The molecule has 0 N–H and O–H groups in total. The number of fused-ring (bicyclic) bond motifs is 2. The van der Waals surface area contributed by atoms with Crippen LogP contribution in [0.2, 0.25) is 0 Å². The number of rotatable bonds is 8. The molecule has 6 aromatic rings. The summed E-state index contributed by atoms with van der Waals surface area (Å²) >= 11 is 3.48. The third-order valence-electron chi connectivity index (χ3n) is 12.8. The SMILES string of the molecule is CC1(C)OB(Cc2ccc(C(F)(F)F)cc2)OC1(C)C.COC(=O)c1nn(C2CCCCO2)c2cccc(Br)c12.COC(=O)c1nn(C2CCCCO2)c2cccc(Cc3ccc(C(F)(F)F)cc3)c12. The molecule has 5 heterocycles. The summed E-state index contributed by atoms with van der Waals surface area (Å²) in [6.45, 7) is 9.14. The Hall–Kier alpha value is -5.28. The van der Waals surface area contributed by atoms with Crippen LogP contribution in [-0.2, 0) is 53.3 Å². The van der Waals surface area contributed by atoms with Crippen LogP contribution in [0, 0.1) is 0 Å². The molecule has 0 bridgehead atoms. The lowest BCUT2D eigenvalue weighted by atomic mass is 9.80. The number of ether oxygens (including phenoxy) is 4. The Bertz CT molecular complexity index is 2750. The van der Waals surface area contributed by atoms with Gasteiger partial charge in [0, 0.05) is 34.8 Å². The molecule has 9 rings (SSSR count). The standard InChI is InChI=1S/C22H21F3N2O3.C14H18BF3O2.C14H15BrN2O3/c1-29-21(28)20-19-15(13-14-8-10-16(11-9-14)22(23,24)25)5-4-6-17(19)27(26-20)18-7-2-3-12-30-18;1-12(2)13(3,4)20-15(19-12)9-10-5-7-11(8-6-10)14(16,17)18;1-19-14(18)13-12-9(15)5-4-6-10(12)17(16-13)11-7-2-3-8-20-11/h4-6,8-11,18H,2-3,7,12-13H2,1H3;5-8H,9H2,1-4H3;4-6,11H,2-3,7-8H2,1H3. The van der Waals surface area contributed by atoms with Gasteiger partial charge in [-0.25, -0.2) is 19.0 Å². The van der Waals surface area contributed by atoms with Gasteiger partial charge >= 0.3 is 31.4 Å². The average Bonchev–Trinajstić information content (AvgIpc) is 3.98. The maximum Gasteiger partial charge on any atom is 0.462 e. The van der Waals surface area contributed by atoms with Gasteiger partial charge in [0.05, 0.1) is 47.6 Å². The highest BCUT2D eigenvalue weighted by atomic mass is 79.9. The van der Waals surface area contributed by atoms with Crippen molar-refractivity contribution < 1.29 is 64.2 Å². The quantitative estimate of drug-likeness (QED) is 0.0826. The molecule has 0 amide bonds. The van der Waals surface area contributed by atoms with E-state index in [1.165, 1.54) is 38.5 Å². The van der Waals surface area contributed by atoms with E-state index in [0.29, 0.717) is 36.0 Å². The smallest absolute Gasteiger partial charge is 0.462 e. The van der Waals surface area contributed by atoms with Gasteiger partial charge in [-0.1, -0.05) is 58.4 Å². The van der Waals surface area contributed by atoms with Crippen molar-refractivity contribution in [3.8, 4) is 0 Å². The zero-order valence-electron chi connectivity index (χ0n) is 39.6. The number of aromatic nitrogens is 4. The first-order valence-corrected chi connectivity index (χ1v) is 23.7. The molecule has 3 aliphatic heterocycles. The monoisotopic (exact) mass is 1040 g/mol. The van der Waals surface area contributed by atoms with Gasteiger partial charge in [-0.3, -0.25) is 0 Å². The number of benzene rings is 4. The largest absolute Gasteiger partial charge is 0.464 e. The van der Waals surface area contributed by atoms with Crippen LogP contribution in [0.25, 0.3) is 21.8 Å². The fourth-order valence-corrected chi connectivity index (χ4v) is 8.96. The number of esters is 2. The summed E-state index contributed by atoms with van der Waals surface area (Å²) in [6.07, 6.45) is -2.40. The van der Waals surface area contributed by atoms with Crippen LogP contribution >= 0.6 is 15.9 Å². The molecule has 12 nitrogen and oxygen atoms in total. The Morgan fingerprint density at radius 3 is 1.54 bits per heavy atom. The first-order chi connectivity index (χ1) is 33.1. The van der Waals surface area contributed by atoms with E-state index < -0.39 is 53.7 Å². The van der Waals surface area contributed by atoms with E-state index >= 15 is 0 Å². The van der Waals surface area contributed by atoms with Crippen LogP contribution in [0.4, 0.5) is 26.3 Å². The number of methoxy groups -OCH3 is 2. The Morgan fingerprint density at radius 2 is 1.10 bits per heavy atom. The minimum absolute atomic E-state index is 0.112. The van der Waals surface area contributed by atoms with Crippen LogP contribution < -0.4 is 0 Å². The van der Waals surface area contributed by atoms with Crippen molar-refractivity contribution in [1.29, 1.82) is 0 Å². The maximum atomic E-state index is 12.8. The molecular weight excluding hydrogens is 989 g/mol. The summed E-state index contributed by atoms with van der Waals surface area (Å²) in [5, 5.41) is 10.3. The molecule has 374 valence electrons. The van der Waals surface area contributed by atoms with E-state index in [2.05, 4.69) is 26.1 Å². The number of carbonyl (C=O) groups is 2. The summed E-state index contributed by atoms with van der Waals surface area (Å²) in [5.74, 6) is -0.995. The van der Waals surface area contributed by atoms with E-state index in [1.807, 2.05) is 64.1 Å². The summed E-state index contributed by atoms with van der Waals surface area (Å²) < 4.78 is 113. The minimum Gasteiger partial charge on any atom is -0.464 e. The third-order valence-corrected chi connectivity index (χ3v) is 13.4. The fourth-order valence-electron chi connectivity index (χ4n) is 8.41. The van der Waals surface area contributed by atoms with Crippen LogP contribution in [0.1, 0.15) is 127 Å². The van der Waals surface area contributed by atoms with Gasteiger partial charge in [-0.2, -0.15) is 36.5 Å². The average molecular weight is 1040 g/mol. The van der Waals surface area contributed by atoms with E-state index in [1.54, 1.807) is 9.36 Å². The Balaban J connectivity index is 0.000000160. The number of nitrogens with zero attached hydrogens (tertiary/aromatic N) is 4. The van der Waals surface area contributed by atoms with Gasteiger partial charge in [-0.15, -0.1) is 0 Å². The van der Waals surface area contributed by atoms with Crippen LogP contribution in [0.15, 0.2) is 89.4 Å². The van der Waals surface area contributed by atoms with Crippen LogP contribution in [0.3, 0.4) is 0 Å². The van der Waals surface area contributed by atoms with Crippen LogP contribution in [0.5, 0.6) is 0 Å². The molecule has 0 radical (unpaired) electrons. The predicted octanol–water partition coefficient (Wildman–Crippen LogP) is 12.3. The normalized spacial score (nSPS) is 19.0. The van der Waals surface area contributed by atoms with Crippen molar-refractivity contribution in [1.82, 2.24) is 19.6 Å². The number of halogens is 7. The lowest BCUT2D eigenvalue weighted by molar-refractivity contribution is -0.138. The first-order valence-electron chi connectivity index (χ1n) is 22.9. The van der Waals surface area contributed by atoms with E-state index in [9.17, 15) is 35.9 Å². The molecule has 3 saturated heterocycles. The number of alkyl halides is 6. The van der Waals surface area contributed by atoms with Gasteiger partial charge in [-0.05, 0) is 132 Å². The second kappa shape index (κ2) is 21.6. The summed E-state index contributed by atoms with van der Waals surface area (Å²) in [6, 6.07) is 21.5. The molecule has 3 aliphatic rings. The lowest BCUT2D eigenvalue weighted by Gasteiger charge is -2.32. The molecule has 0 spiro atoms. The first kappa shape index (κ1) is 52.5. The topological polar surface area (TPSA) is 125 Å². The van der Waals surface area contributed by atoms with Crippen molar-refractivity contribution in [3.05, 3.63) is 129 Å². The molecule has 70 heavy (non-hydrogen) atoms. The molecule has 2 aromatic heterocycles. The van der Waals surface area contributed by atoms with Gasteiger partial charge < -0.3 is 28.3 Å². The van der Waals surface area contributed by atoms with Crippen molar-refractivity contribution in [2.24, 2.45) is 0 Å². The molecule has 20 heteroatoms. The van der Waals surface area contributed by atoms with Crippen LogP contribution in [-0.4, -0.2) is 77.3 Å². The molecular formula is C50H54BBrF6N4O8. The second-order valence-electron chi connectivity index (χ2n) is 18.1. The minimum atomic E-state index is -4.38. The molecule has 2 unspecified atom stereocenters. The van der Waals surface area contributed by atoms with Crippen molar-refractivity contribution >= 4 is 56.8 Å². The highest BCUT2D eigenvalue weighted by Gasteiger charge is 2.50. The van der Waals surface area contributed by atoms with E-state index in [0.717, 1.165) is 101 Å². The van der Waals surface area contributed by atoms with Gasteiger partial charge in [0.2, 0.25) is 0 Å². The highest BCUT2D eigenvalue weighted by molar-refractivity contribution is 9.10. The molecule has 2 atom stereocenters. The highest BCUT2D eigenvalue weighted by Crippen LogP contribution is 2.39. The fraction of sp³-hybridized carbons (Fsp3) is 0.440. The predicted molar refractivity (Wildman–Crippen MR) is 253 cm³/mol. The zero-order valence-corrected chi connectivity index (χ0v) is 41.2. The summed E-state index contributed by atoms with van der Waals surface area (Å²) in [5.41, 5.74) is 2.19. The second-order valence-corrected chi connectivity index (χ2v) is 19.0. The maximum absolute atomic E-state index is 12.8. The van der Waals surface area contributed by atoms with Gasteiger partial charge in [0.25, 0.3) is 0 Å². The Kier molecular flexibility index (Phi) is 16.2. The molecule has 0 saturated carbocycles. The van der Waals surface area contributed by atoms with Crippen molar-refractivity contribution in [3.63, 3.8) is 0 Å². The molecule has 3 fully saturated rings. The van der Waals surface area contributed by atoms with E-state index in [4.69, 9.17) is 28.3 Å². The zero-order chi connectivity index (χ0) is 50.6. The van der Waals surface area contributed by atoms with Gasteiger partial charge in [0.15, 0.2) is 23.8 Å². The molecule has 0 aliphatic carbocycles. The Morgan fingerprint density at radius 1 is 0.657 bits per heavy atom.